The highest BCUT2D eigenvalue weighted by Crippen LogP contribution is 2.17. The average molecular weight is 240 g/mol. The van der Waals surface area contributed by atoms with Crippen molar-refractivity contribution >= 4 is 17.4 Å². The molecule has 1 aromatic heterocycles. The first-order valence-electron chi connectivity index (χ1n) is 5.53. The number of hydrogen-bond acceptors (Lipinski definition) is 4. The summed E-state index contributed by atoms with van der Waals surface area (Å²) < 4.78 is 0. The molecule has 1 heterocycles. The molecule has 16 heavy (non-hydrogen) atoms. The molecule has 0 bridgehead atoms. The van der Waals surface area contributed by atoms with Gasteiger partial charge in [0.1, 0.15) is 0 Å². The van der Waals surface area contributed by atoms with Crippen LogP contribution in [0.1, 0.15) is 25.1 Å². The smallest absolute Gasteiger partial charge is 0.0957 e. The summed E-state index contributed by atoms with van der Waals surface area (Å²) >= 11 is 1.83. The number of nitrogens with zero attached hydrogens (tertiary/aromatic N) is 2. The van der Waals surface area contributed by atoms with E-state index in [-0.39, 0.29) is 0 Å². The van der Waals surface area contributed by atoms with Crippen molar-refractivity contribution in [2.45, 2.75) is 19.4 Å². The van der Waals surface area contributed by atoms with E-state index in [4.69, 9.17) is 0 Å². The van der Waals surface area contributed by atoms with Gasteiger partial charge in [-0.1, -0.05) is 6.92 Å². The van der Waals surface area contributed by atoms with Crippen LogP contribution in [0.2, 0.25) is 0 Å². The Labute approximate surface area is 102 Å². The van der Waals surface area contributed by atoms with Gasteiger partial charge in [-0.3, -0.25) is 4.98 Å². The minimum absolute atomic E-state index is 0.439. The topological polar surface area (TPSA) is 36.4 Å². The number of aliphatic hydroxyl groups excluding tert-OH is 1. The largest absolute Gasteiger partial charge is 0.387 e. The summed E-state index contributed by atoms with van der Waals surface area (Å²) in [6.45, 7) is 2.96. The second-order valence-electron chi connectivity index (χ2n) is 3.78. The molecule has 0 saturated carbocycles. The zero-order valence-corrected chi connectivity index (χ0v) is 11.0. The van der Waals surface area contributed by atoms with E-state index < -0.39 is 6.10 Å². The Morgan fingerprint density at radius 1 is 1.50 bits per heavy atom. The summed E-state index contributed by atoms with van der Waals surface area (Å²) in [5.41, 5.74) is 1.85. The summed E-state index contributed by atoms with van der Waals surface area (Å²) in [7, 11) is 2.06. The maximum absolute atomic E-state index is 9.62. The van der Waals surface area contributed by atoms with Crippen LogP contribution in [0.3, 0.4) is 0 Å². The fourth-order valence-electron chi connectivity index (χ4n) is 1.39. The number of thioether (sulfide) groups is 1. The molecule has 3 nitrogen and oxygen atoms in total. The number of hydrogen-bond donors (Lipinski definition) is 1. The normalized spacial score (nSPS) is 12.5. The van der Waals surface area contributed by atoms with Crippen molar-refractivity contribution in [2.75, 3.05) is 30.5 Å². The molecular weight excluding hydrogens is 220 g/mol. The highest BCUT2D eigenvalue weighted by atomic mass is 32.2. The highest BCUT2D eigenvalue weighted by molar-refractivity contribution is 7.98. The minimum atomic E-state index is -0.439. The Hall–Kier alpha value is -0.740. The van der Waals surface area contributed by atoms with Crippen LogP contribution >= 0.6 is 11.8 Å². The Kier molecular flexibility index (Phi) is 5.63. The van der Waals surface area contributed by atoms with E-state index >= 15 is 0 Å². The third kappa shape index (κ3) is 3.68. The molecule has 1 aromatic rings. The lowest BCUT2D eigenvalue weighted by Gasteiger charge is -2.18. The molecule has 0 aliphatic rings. The Bertz CT molecular complexity index is 302. The van der Waals surface area contributed by atoms with Gasteiger partial charge in [-0.2, -0.15) is 11.8 Å². The van der Waals surface area contributed by atoms with Crippen LogP contribution in [0.4, 0.5) is 5.69 Å². The third-order valence-corrected chi connectivity index (χ3v) is 3.16. The number of anilines is 1. The van der Waals surface area contributed by atoms with Gasteiger partial charge in [0.2, 0.25) is 0 Å². The predicted octanol–water partition coefficient (Wildman–Crippen LogP) is 2.32. The number of aliphatic hydroxyl groups is 1. The first-order valence-corrected chi connectivity index (χ1v) is 6.92. The van der Waals surface area contributed by atoms with Crippen LogP contribution in [-0.2, 0) is 0 Å². The molecule has 0 radical (unpaired) electrons. The molecule has 0 saturated heterocycles. The highest BCUT2D eigenvalue weighted by Gasteiger charge is 2.07. The Morgan fingerprint density at radius 3 is 2.75 bits per heavy atom. The molecule has 0 amide bonds. The zero-order chi connectivity index (χ0) is 12.0. The van der Waals surface area contributed by atoms with E-state index in [2.05, 4.69) is 23.2 Å². The van der Waals surface area contributed by atoms with Crippen LogP contribution in [0, 0.1) is 0 Å². The maximum atomic E-state index is 9.62. The molecule has 1 N–H and O–H groups in total. The van der Waals surface area contributed by atoms with E-state index in [0.29, 0.717) is 6.42 Å². The number of rotatable bonds is 6. The summed E-state index contributed by atoms with van der Waals surface area (Å²) in [5, 5.41) is 9.62. The van der Waals surface area contributed by atoms with Gasteiger partial charge in [0.15, 0.2) is 0 Å². The van der Waals surface area contributed by atoms with Gasteiger partial charge in [0.25, 0.3) is 0 Å². The molecule has 1 rings (SSSR count). The van der Waals surface area contributed by atoms with Gasteiger partial charge >= 0.3 is 0 Å². The minimum Gasteiger partial charge on any atom is -0.387 e. The SMILES string of the molecule is CCC(O)c1ccc(N(C)CCSC)cn1. The van der Waals surface area contributed by atoms with Crippen LogP contribution in [-0.4, -0.2) is 35.7 Å². The van der Waals surface area contributed by atoms with Crippen LogP contribution in [0.5, 0.6) is 0 Å². The van der Waals surface area contributed by atoms with Crippen molar-refractivity contribution in [3.63, 3.8) is 0 Å². The van der Waals surface area contributed by atoms with E-state index in [1.54, 1.807) is 0 Å². The van der Waals surface area contributed by atoms with Crippen molar-refractivity contribution in [1.82, 2.24) is 4.98 Å². The van der Waals surface area contributed by atoms with E-state index in [1.165, 1.54) is 0 Å². The molecule has 0 spiro atoms. The number of pyridine rings is 1. The summed E-state index contributed by atoms with van der Waals surface area (Å²) in [6, 6.07) is 3.92. The summed E-state index contributed by atoms with van der Waals surface area (Å²) in [5.74, 6) is 1.11. The first kappa shape index (κ1) is 13.3. The lowest BCUT2D eigenvalue weighted by atomic mass is 10.2. The Morgan fingerprint density at radius 2 is 2.25 bits per heavy atom. The summed E-state index contributed by atoms with van der Waals surface area (Å²) in [6.07, 6.45) is 4.20. The lowest BCUT2D eigenvalue weighted by molar-refractivity contribution is 0.169. The van der Waals surface area contributed by atoms with Gasteiger partial charge < -0.3 is 10.0 Å². The van der Waals surface area contributed by atoms with Gasteiger partial charge in [0, 0.05) is 19.3 Å². The van der Waals surface area contributed by atoms with E-state index in [9.17, 15) is 5.11 Å². The van der Waals surface area contributed by atoms with Gasteiger partial charge in [-0.25, -0.2) is 0 Å². The molecule has 0 aliphatic carbocycles. The van der Waals surface area contributed by atoms with Gasteiger partial charge in [0.05, 0.1) is 23.7 Å². The van der Waals surface area contributed by atoms with Crippen molar-refractivity contribution in [2.24, 2.45) is 0 Å². The van der Waals surface area contributed by atoms with Crippen molar-refractivity contribution in [3.8, 4) is 0 Å². The monoisotopic (exact) mass is 240 g/mol. The van der Waals surface area contributed by atoms with Gasteiger partial charge in [-0.15, -0.1) is 0 Å². The second kappa shape index (κ2) is 6.76. The molecule has 0 aliphatic heterocycles. The quantitative estimate of drug-likeness (QED) is 0.828. The molecule has 4 heteroatoms. The molecule has 0 aromatic carbocycles. The Balaban J connectivity index is 2.63. The number of aromatic nitrogens is 1. The van der Waals surface area contributed by atoms with E-state index in [1.807, 2.05) is 37.0 Å². The molecule has 0 fully saturated rings. The van der Waals surface area contributed by atoms with Gasteiger partial charge in [-0.05, 0) is 24.8 Å². The average Bonchev–Trinajstić information content (AvgIpc) is 2.35. The zero-order valence-electron chi connectivity index (χ0n) is 10.2. The molecule has 1 atom stereocenters. The fraction of sp³-hybridized carbons (Fsp3) is 0.583. The third-order valence-electron chi connectivity index (χ3n) is 2.57. The molecular formula is C12H20N2OS. The second-order valence-corrected chi connectivity index (χ2v) is 4.77. The van der Waals surface area contributed by atoms with Crippen molar-refractivity contribution < 1.29 is 5.11 Å². The van der Waals surface area contributed by atoms with E-state index in [0.717, 1.165) is 23.7 Å². The first-order chi connectivity index (χ1) is 7.69. The van der Waals surface area contributed by atoms with Crippen LogP contribution in [0.25, 0.3) is 0 Å². The molecule has 90 valence electrons. The molecule has 1 unspecified atom stereocenters. The van der Waals surface area contributed by atoms with Crippen molar-refractivity contribution in [3.05, 3.63) is 24.0 Å². The lowest BCUT2D eigenvalue weighted by Crippen LogP contribution is -2.20. The summed E-state index contributed by atoms with van der Waals surface area (Å²) in [4.78, 5) is 6.45. The van der Waals surface area contributed by atoms with Crippen molar-refractivity contribution in [1.29, 1.82) is 0 Å². The maximum Gasteiger partial charge on any atom is 0.0957 e. The standard InChI is InChI=1S/C12H20N2OS/c1-4-12(15)11-6-5-10(9-13-11)14(2)7-8-16-3/h5-6,9,12,15H,4,7-8H2,1-3H3. The van der Waals surface area contributed by atoms with Crippen LogP contribution < -0.4 is 4.90 Å². The van der Waals surface area contributed by atoms with Crippen LogP contribution in [0.15, 0.2) is 18.3 Å². The predicted molar refractivity (Wildman–Crippen MR) is 71.1 cm³/mol. The fourth-order valence-corrected chi connectivity index (χ4v) is 1.84.